The molecule has 0 aromatic carbocycles. The van der Waals surface area contributed by atoms with Crippen molar-refractivity contribution in [1.29, 1.82) is 0 Å². The molecule has 1 saturated carbocycles. The normalized spacial score (nSPS) is 36.3. The summed E-state index contributed by atoms with van der Waals surface area (Å²) in [5.41, 5.74) is -0.410. The van der Waals surface area contributed by atoms with E-state index >= 15 is 0 Å². The van der Waals surface area contributed by atoms with Crippen molar-refractivity contribution in [3.05, 3.63) is 47.8 Å². The number of esters is 1. The predicted octanol–water partition coefficient (Wildman–Crippen LogP) is 2.44. The van der Waals surface area contributed by atoms with Gasteiger partial charge in [-0.2, -0.15) is 0 Å². The van der Waals surface area contributed by atoms with Gasteiger partial charge in [-0.15, -0.1) is 0 Å². The molecule has 4 rings (SSSR count). The Morgan fingerprint density at radius 3 is 2.92 bits per heavy atom. The molecule has 0 radical (unpaired) electrons. The highest BCUT2D eigenvalue weighted by molar-refractivity contribution is 6.24. The van der Waals surface area contributed by atoms with Gasteiger partial charge in [0.2, 0.25) is 5.78 Å². The highest BCUT2D eigenvalue weighted by Crippen LogP contribution is 2.61. The smallest absolute Gasteiger partial charge is 0.312 e. The zero-order valence-corrected chi connectivity index (χ0v) is 14.2. The lowest BCUT2D eigenvalue weighted by atomic mass is 9.48. The van der Waals surface area contributed by atoms with Crippen molar-refractivity contribution < 1.29 is 23.9 Å². The van der Waals surface area contributed by atoms with E-state index in [0.717, 1.165) is 19.3 Å². The Hall–Kier alpha value is -2.43. The van der Waals surface area contributed by atoms with Gasteiger partial charge in [0.05, 0.1) is 5.41 Å². The summed E-state index contributed by atoms with van der Waals surface area (Å²) in [5, 5.41) is 0. The Bertz CT molecular complexity index is 799. The molecule has 130 valence electrons. The first-order valence-corrected chi connectivity index (χ1v) is 8.59. The average Bonchev–Trinajstić information content (AvgIpc) is 2.60. The minimum atomic E-state index is -0.655. The van der Waals surface area contributed by atoms with Crippen LogP contribution in [0.3, 0.4) is 0 Å². The molecule has 2 bridgehead atoms. The van der Waals surface area contributed by atoms with Gasteiger partial charge >= 0.3 is 5.97 Å². The van der Waals surface area contributed by atoms with E-state index in [0.29, 0.717) is 11.1 Å². The lowest BCUT2D eigenvalue weighted by molar-refractivity contribution is -0.185. The van der Waals surface area contributed by atoms with Crippen molar-refractivity contribution in [3.8, 4) is 0 Å². The predicted molar refractivity (Wildman–Crippen MR) is 89.3 cm³/mol. The van der Waals surface area contributed by atoms with Crippen molar-refractivity contribution in [2.24, 2.45) is 16.7 Å². The van der Waals surface area contributed by atoms with Gasteiger partial charge in [-0.1, -0.05) is 31.2 Å². The molecule has 25 heavy (non-hydrogen) atoms. The van der Waals surface area contributed by atoms with Gasteiger partial charge in [-0.3, -0.25) is 14.4 Å². The summed E-state index contributed by atoms with van der Waals surface area (Å²) in [6, 6.07) is 0. The van der Waals surface area contributed by atoms with E-state index in [-0.39, 0.29) is 42.4 Å². The maximum atomic E-state index is 13.1. The fourth-order valence-corrected chi connectivity index (χ4v) is 4.93. The Morgan fingerprint density at radius 2 is 2.16 bits per heavy atom. The third-order valence-electron chi connectivity index (χ3n) is 6.09. The Labute approximate surface area is 146 Å². The van der Waals surface area contributed by atoms with Gasteiger partial charge < -0.3 is 9.47 Å². The number of ether oxygens (including phenoxy) is 2. The lowest BCUT2D eigenvalue weighted by Crippen LogP contribution is -2.59. The summed E-state index contributed by atoms with van der Waals surface area (Å²) < 4.78 is 10.9. The highest BCUT2D eigenvalue weighted by atomic mass is 16.5. The zero-order valence-electron chi connectivity index (χ0n) is 14.2. The molecule has 1 aliphatic heterocycles. The molecule has 1 heterocycles. The molecule has 5 nitrogen and oxygen atoms in total. The first kappa shape index (κ1) is 16.1. The Balaban J connectivity index is 1.83. The molecular weight excluding hydrogens is 320 g/mol. The number of allylic oxidation sites excluding steroid dienone is 5. The van der Waals surface area contributed by atoms with Crippen LogP contribution < -0.4 is 0 Å². The van der Waals surface area contributed by atoms with Gasteiger partial charge in [-0.05, 0) is 19.8 Å². The molecule has 0 aromatic heterocycles. The van der Waals surface area contributed by atoms with Crippen LogP contribution in [0.5, 0.6) is 0 Å². The topological polar surface area (TPSA) is 69.7 Å². The molecule has 0 N–H and O–H groups in total. The van der Waals surface area contributed by atoms with Crippen LogP contribution in [0.2, 0.25) is 0 Å². The summed E-state index contributed by atoms with van der Waals surface area (Å²) in [4.78, 5) is 38.1. The fraction of sp³-hybridized carbons (Fsp3) is 0.450. The molecule has 3 atom stereocenters. The van der Waals surface area contributed by atoms with Crippen molar-refractivity contribution >= 4 is 17.5 Å². The van der Waals surface area contributed by atoms with Crippen LogP contribution in [0.1, 0.15) is 26.2 Å². The maximum Gasteiger partial charge on any atom is 0.312 e. The van der Waals surface area contributed by atoms with E-state index in [1.807, 2.05) is 13.0 Å². The van der Waals surface area contributed by atoms with Crippen molar-refractivity contribution in [2.45, 2.75) is 26.2 Å². The van der Waals surface area contributed by atoms with E-state index in [1.54, 1.807) is 6.08 Å². The molecule has 0 unspecified atom stereocenters. The molecule has 3 aliphatic carbocycles. The summed E-state index contributed by atoms with van der Waals surface area (Å²) in [7, 11) is 0. The first-order valence-electron chi connectivity index (χ1n) is 8.59. The zero-order chi connectivity index (χ0) is 17.8. The lowest BCUT2D eigenvalue weighted by Gasteiger charge is -2.56. The quantitative estimate of drug-likeness (QED) is 0.448. The van der Waals surface area contributed by atoms with E-state index in [9.17, 15) is 14.4 Å². The molecule has 2 fully saturated rings. The van der Waals surface area contributed by atoms with Crippen LogP contribution in [0.4, 0.5) is 0 Å². The molecule has 5 heteroatoms. The van der Waals surface area contributed by atoms with Crippen LogP contribution in [-0.2, 0) is 23.9 Å². The number of Topliss-reactive ketones (excluding diaryl/α,β-unsaturated/α-hetero) is 1. The number of hydrogen-bond acceptors (Lipinski definition) is 5. The number of hydrogen-bond donors (Lipinski definition) is 0. The number of carbonyl (C=O) groups excluding carboxylic acids is 3. The largest absolute Gasteiger partial charge is 0.485 e. The van der Waals surface area contributed by atoms with E-state index < -0.39 is 10.8 Å². The maximum absolute atomic E-state index is 13.1. The number of carbonyl (C=O) groups is 3. The minimum absolute atomic E-state index is 0.0521. The summed E-state index contributed by atoms with van der Waals surface area (Å²) in [6.45, 7) is 5.78. The second-order valence-electron chi connectivity index (χ2n) is 7.43. The van der Waals surface area contributed by atoms with Gasteiger partial charge in [0.1, 0.15) is 13.2 Å². The molecule has 0 spiro atoms. The van der Waals surface area contributed by atoms with Crippen molar-refractivity contribution in [1.82, 2.24) is 0 Å². The molecule has 0 amide bonds. The Morgan fingerprint density at radius 1 is 1.36 bits per heavy atom. The van der Waals surface area contributed by atoms with Gasteiger partial charge in [0, 0.05) is 28.6 Å². The molecule has 0 aromatic rings. The molecule has 4 aliphatic rings. The third kappa shape index (κ3) is 1.98. The number of ketones is 2. The van der Waals surface area contributed by atoms with Crippen molar-refractivity contribution in [3.63, 3.8) is 0 Å². The van der Waals surface area contributed by atoms with Crippen LogP contribution in [-0.4, -0.2) is 30.7 Å². The first-order chi connectivity index (χ1) is 11.9. The average molecular weight is 340 g/mol. The third-order valence-corrected chi connectivity index (χ3v) is 6.09. The monoisotopic (exact) mass is 340 g/mol. The summed E-state index contributed by atoms with van der Waals surface area (Å²) in [5.74, 6) is -0.801. The van der Waals surface area contributed by atoms with E-state index in [2.05, 4.69) is 6.58 Å². The highest BCUT2D eigenvalue weighted by Gasteiger charge is 2.63. The number of rotatable bonds is 3. The van der Waals surface area contributed by atoms with Gasteiger partial charge in [0.15, 0.2) is 11.5 Å². The fourth-order valence-electron chi connectivity index (χ4n) is 4.93. The minimum Gasteiger partial charge on any atom is -0.485 e. The standard InChI is InChI=1S/C20H20O5/c1-3-9-24-14-10-13(21)12-5-6-15-19(2)7-4-8-20(15,11-25-18(19)23)16(12)17(14)22/h3,5-6,10,15H,1,4,7-9,11H2,2H3/t15-,19-,20+/m0/s1. The van der Waals surface area contributed by atoms with Gasteiger partial charge in [0.25, 0.3) is 0 Å². The molecular formula is C20H20O5. The van der Waals surface area contributed by atoms with Gasteiger partial charge in [-0.25, -0.2) is 0 Å². The Kier molecular flexibility index (Phi) is 3.39. The second-order valence-corrected chi connectivity index (χ2v) is 7.43. The van der Waals surface area contributed by atoms with Crippen LogP contribution in [0, 0.1) is 16.7 Å². The SMILES string of the molecule is C=CCOC1=CC(=O)C2=C(C1=O)[C@]13CCC[C@](C)(C(=O)OC1)[C@@H]3C=C2. The van der Waals surface area contributed by atoms with Crippen molar-refractivity contribution in [2.75, 3.05) is 13.2 Å². The number of cyclic esters (lactones) is 1. The molecule has 1 saturated heterocycles. The van der Waals surface area contributed by atoms with Crippen LogP contribution in [0.15, 0.2) is 47.8 Å². The second kappa shape index (κ2) is 5.28. The van der Waals surface area contributed by atoms with Crippen LogP contribution in [0.25, 0.3) is 0 Å². The van der Waals surface area contributed by atoms with Crippen LogP contribution >= 0.6 is 0 Å². The van der Waals surface area contributed by atoms with E-state index in [1.165, 1.54) is 12.2 Å². The van der Waals surface area contributed by atoms with E-state index in [4.69, 9.17) is 9.47 Å². The summed E-state index contributed by atoms with van der Waals surface area (Å²) >= 11 is 0. The summed E-state index contributed by atoms with van der Waals surface area (Å²) in [6.07, 6.45) is 8.70.